The first-order valence-corrected chi connectivity index (χ1v) is 14.3. The van der Waals surface area contributed by atoms with E-state index in [4.69, 9.17) is 9.47 Å². The highest BCUT2D eigenvalue weighted by Gasteiger charge is 2.46. The quantitative estimate of drug-likeness (QED) is 0.198. The van der Waals surface area contributed by atoms with Gasteiger partial charge in [-0.3, -0.25) is 14.5 Å². The summed E-state index contributed by atoms with van der Waals surface area (Å²) < 4.78 is 12.3. The van der Waals surface area contributed by atoms with Crippen LogP contribution in [0.3, 0.4) is 0 Å². The maximum Gasteiger partial charge on any atom is 0.295 e. The molecular formula is C32H33BrN2O5. The molecule has 0 radical (unpaired) electrons. The van der Waals surface area contributed by atoms with Gasteiger partial charge in [0.2, 0.25) is 0 Å². The lowest BCUT2D eigenvalue weighted by molar-refractivity contribution is -0.140. The first-order valence-electron chi connectivity index (χ1n) is 13.5. The van der Waals surface area contributed by atoms with Crippen molar-refractivity contribution in [3.63, 3.8) is 0 Å². The third-order valence-electron chi connectivity index (χ3n) is 7.40. The number of halogens is 1. The van der Waals surface area contributed by atoms with E-state index in [1.54, 1.807) is 17.0 Å². The van der Waals surface area contributed by atoms with Crippen LogP contribution in [0.15, 0.2) is 82.8 Å². The van der Waals surface area contributed by atoms with Crippen LogP contribution in [0.25, 0.3) is 5.76 Å². The Morgan fingerprint density at radius 2 is 1.73 bits per heavy atom. The smallest absolute Gasteiger partial charge is 0.295 e. The molecule has 40 heavy (non-hydrogen) atoms. The van der Waals surface area contributed by atoms with E-state index < -0.39 is 17.7 Å². The molecule has 2 fully saturated rings. The zero-order chi connectivity index (χ0) is 28.1. The lowest BCUT2D eigenvalue weighted by Gasteiger charge is -2.29. The van der Waals surface area contributed by atoms with Crippen LogP contribution in [-0.4, -0.2) is 66.0 Å². The van der Waals surface area contributed by atoms with Gasteiger partial charge in [-0.15, -0.1) is 0 Å². The Balaban J connectivity index is 1.42. The first kappa shape index (κ1) is 28.1. The summed E-state index contributed by atoms with van der Waals surface area (Å²) in [6.07, 6.45) is 0.715. The van der Waals surface area contributed by atoms with Gasteiger partial charge in [0.05, 0.1) is 24.8 Å². The minimum absolute atomic E-state index is 0.111. The Morgan fingerprint density at radius 3 is 2.42 bits per heavy atom. The molecule has 208 valence electrons. The molecule has 0 spiro atoms. The summed E-state index contributed by atoms with van der Waals surface area (Å²) in [5, 5.41) is 11.5. The van der Waals surface area contributed by atoms with Crippen LogP contribution in [0.5, 0.6) is 5.75 Å². The summed E-state index contributed by atoms with van der Waals surface area (Å²) in [7, 11) is 0. The topological polar surface area (TPSA) is 79.3 Å². The lowest BCUT2D eigenvalue weighted by Crippen LogP contribution is -2.38. The second-order valence-corrected chi connectivity index (χ2v) is 11.0. The summed E-state index contributed by atoms with van der Waals surface area (Å²) in [6, 6.07) is 22.1. The Kier molecular flexibility index (Phi) is 8.99. The zero-order valence-corrected chi connectivity index (χ0v) is 24.1. The zero-order valence-electron chi connectivity index (χ0n) is 22.5. The maximum atomic E-state index is 13.4. The molecule has 0 bridgehead atoms. The maximum absolute atomic E-state index is 13.4. The van der Waals surface area contributed by atoms with Crippen LogP contribution in [0, 0.1) is 6.92 Å². The Bertz CT molecular complexity index is 1380. The number of hydrogen-bond acceptors (Lipinski definition) is 6. The van der Waals surface area contributed by atoms with Crippen molar-refractivity contribution < 1.29 is 24.2 Å². The van der Waals surface area contributed by atoms with E-state index in [-0.39, 0.29) is 11.3 Å². The second-order valence-electron chi connectivity index (χ2n) is 10.1. The molecule has 2 aliphatic heterocycles. The highest BCUT2D eigenvalue weighted by atomic mass is 79.9. The number of morpholine rings is 1. The lowest BCUT2D eigenvalue weighted by atomic mass is 9.94. The molecule has 1 N–H and O–H groups in total. The van der Waals surface area contributed by atoms with Crippen LogP contribution in [-0.2, 0) is 20.9 Å². The van der Waals surface area contributed by atoms with Gasteiger partial charge < -0.3 is 19.5 Å². The molecule has 3 aromatic carbocycles. The van der Waals surface area contributed by atoms with Crippen molar-refractivity contribution in [2.75, 3.05) is 39.4 Å². The number of ether oxygens (including phenoxy) is 2. The van der Waals surface area contributed by atoms with Crippen LogP contribution >= 0.6 is 15.9 Å². The van der Waals surface area contributed by atoms with Crippen molar-refractivity contribution in [3.8, 4) is 5.75 Å². The van der Waals surface area contributed by atoms with Crippen LogP contribution < -0.4 is 4.74 Å². The van der Waals surface area contributed by atoms with E-state index in [2.05, 4.69) is 20.8 Å². The number of nitrogens with zero attached hydrogens (tertiary/aromatic N) is 2. The number of likely N-dealkylation sites (tertiary alicyclic amines) is 1. The van der Waals surface area contributed by atoms with Gasteiger partial charge in [0.15, 0.2) is 0 Å². The van der Waals surface area contributed by atoms with Crippen LogP contribution in [0.1, 0.15) is 34.7 Å². The largest absolute Gasteiger partial charge is 0.507 e. The SMILES string of the molecule is Cc1cc(OCc2ccccc2)ccc1C(O)=C1C(=O)C(=O)N(CCCN2CCOCC2)[C@@H]1c1ccc(Br)cc1. The van der Waals surface area contributed by atoms with E-state index in [1.807, 2.05) is 67.6 Å². The third kappa shape index (κ3) is 6.30. The van der Waals surface area contributed by atoms with Gasteiger partial charge in [0.25, 0.3) is 11.7 Å². The minimum atomic E-state index is -0.675. The van der Waals surface area contributed by atoms with Crippen molar-refractivity contribution in [1.82, 2.24) is 9.80 Å². The molecule has 2 aliphatic rings. The molecule has 0 aliphatic carbocycles. The number of hydrogen-bond donors (Lipinski definition) is 1. The van der Waals surface area contributed by atoms with Crippen LogP contribution in [0.4, 0.5) is 0 Å². The molecule has 0 saturated carbocycles. The minimum Gasteiger partial charge on any atom is -0.507 e. The predicted octanol–water partition coefficient (Wildman–Crippen LogP) is 5.48. The van der Waals surface area contributed by atoms with E-state index in [0.29, 0.717) is 44.1 Å². The molecule has 0 aromatic heterocycles. The fourth-order valence-corrected chi connectivity index (χ4v) is 5.53. The van der Waals surface area contributed by atoms with Gasteiger partial charge in [0, 0.05) is 36.2 Å². The summed E-state index contributed by atoms with van der Waals surface area (Å²) in [4.78, 5) is 30.6. The molecule has 5 rings (SSSR count). The van der Waals surface area contributed by atoms with Gasteiger partial charge in [-0.2, -0.15) is 0 Å². The average molecular weight is 606 g/mol. The Labute approximate surface area is 243 Å². The molecule has 1 atom stereocenters. The number of Topliss-reactive ketones (excluding diaryl/α,β-unsaturated/α-hetero) is 1. The van der Waals surface area contributed by atoms with Crippen LogP contribution in [0.2, 0.25) is 0 Å². The van der Waals surface area contributed by atoms with Gasteiger partial charge in [0.1, 0.15) is 18.1 Å². The van der Waals surface area contributed by atoms with Crippen molar-refractivity contribution in [2.24, 2.45) is 0 Å². The number of aryl methyl sites for hydroxylation is 1. The standard InChI is InChI=1S/C32H33BrN2O5/c1-22-20-26(40-21-23-6-3-2-4-7-23)12-13-27(22)30(36)28-29(24-8-10-25(33)11-9-24)35(32(38)31(28)37)15-5-14-34-16-18-39-19-17-34/h2-4,6-13,20,29,36H,5,14-19,21H2,1H3/t29-/m1/s1. The predicted molar refractivity (Wildman–Crippen MR) is 157 cm³/mol. The van der Waals surface area contributed by atoms with E-state index in [9.17, 15) is 14.7 Å². The fourth-order valence-electron chi connectivity index (χ4n) is 5.27. The van der Waals surface area contributed by atoms with Gasteiger partial charge in [-0.25, -0.2) is 0 Å². The number of amides is 1. The molecule has 0 unspecified atom stereocenters. The van der Waals surface area contributed by atoms with Crippen molar-refractivity contribution in [3.05, 3.63) is 105 Å². The summed E-state index contributed by atoms with van der Waals surface area (Å²) in [6.45, 7) is 6.63. The van der Waals surface area contributed by atoms with E-state index >= 15 is 0 Å². The first-order chi connectivity index (χ1) is 19.4. The molecule has 2 saturated heterocycles. The molecule has 2 heterocycles. The highest BCUT2D eigenvalue weighted by molar-refractivity contribution is 9.10. The Hall–Kier alpha value is -3.46. The highest BCUT2D eigenvalue weighted by Crippen LogP contribution is 2.40. The number of carbonyl (C=O) groups is 2. The second kappa shape index (κ2) is 12.8. The van der Waals surface area contributed by atoms with Gasteiger partial charge >= 0.3 is 0 Å². The molecular weight excluding hydrogens is 572 g/mol. The number of ketones is 1. The van der Waals surface area contributed by atoms with E-state index in [0.717, 1.165) is 40.8 Å². The number of aliphatic hydroxyl groups is 1. The third-order valence-corrected chi connectivity index (χ3v) is 7.93. The van der Waals surface area contributed by atoms with Crippen molar-refractivity contribution in [1.29, 1.82) is 0 Å². The van der Waals surface area contributed by atoms with Crippen molar-refractivity contribution >= 4 is 33.4 Å². The normalized spacial score (nSPS) is 19.2. The number of aliphatic hydroxyl groups excluding tert-OH is 1. The fraction of sp³-hybridized carbons (Fsp3) is 0.312. The summed E-state index contributed by atoms with van der Waals surface area (Å²) in [5.41, 5.74) is 3.18. The number of rotatable bonds is 9. The van der Waals surface area contributed by atoms with Gasteiger partial charge in [-0.05, 0) is 60.4 Å². The molecule has 3 aromatic rings. The monoisotopic (exact) mass is 604 g/mol. The van der Waals surface area contributed by atoms with Crippen molar-refractivity contribution in [2.45, 2.75) is 26.0 Å². The average Bonchev–Trinajstić information content (AvgIpc) is 3.22. The van der Waals surface area contributed by atoms with E-state index in [1.165, 1.54) is 0 Å². The number of carbonyl (C=O) groups excluding carboxylic acids is 2. The molecule has 7 nitrogen and oxygen atoms in total. The summed E-state index contributed by atoms with van der Waals surface area (Å²) >= 11 is 3.47. The Morgan fingerprint density at radius 1 is 1.00 bits per heavy atom. The van der Waals surface area contributed by atoms with Gasteiger partial charge in [-0.1, -0.05) is 58.4 Å². The summed E-state index contributed by atoms with van der Waals surface area (Å²) in [5.74, 6) is -0.766. The number of benzene rings is 3. The molecule has 1 amide bonds. The molecule has 8 heteroatoms.